The largest absolute Gasteiger partial charge is 0.477 e. The van der Waals surface area contributed by atoms with Gasteiger partial charge in [-0.2, -0.15) is 0 Å². The molecule has 2 N–H and O–H groups in total. The first-order valence-corrected chi connectivity index (χ1v) is 7.35. The molecule has 21 heavy (non-hydrogen) atoms. The molecule has 0 radical (unpaired) electrons. The zero-order valence-electron chi connectivity index (χ0n) is 12.2. The highest BCUT2D eigenvalue weighted by Crippen LogP contribution is 2.34. The summed E-state index contributed by atoms with van der Waals surface area (Å²) in [4.78, 5) is 13.3. The van der Waals surface area contributed by atoms with Gasteiger partial charge >= 0.3 is 5.97 Å². The molecule has 1 aromatic heterocycles. The van der Waals surface area contributed by atoms with Crippen molar-refractivity contribution in [1.82, 2.24) is 4.90 Å². The van der Waals surface area contributed by atoms with Gasteiger partial charge in [0.15, 0.2) is 0 Å². The second kappa shape index (κ2) is 5.71. The number of thiophene rings is 1. The Bertz CT molecular complexity index is 675. The summed E-state index contributed by atoms with van der Waals surface area (Å²) in [6.07, 6.45) is 0. The molecule has 0 aliphatic rings. The third-order valence-electron chi connectivity index (χ3n) is 3.04. The number of hydrogen-bond acceptors (Lipinski definition) is 4. The number of benzene rings is 1. The van der Waals surface area contributed by atoms with Gasteiger partial charge in [0.1, 0.15) is 10.7 Å². The van der Waals surface area contributed by atoms with E-state index in [1.165, 1.54) is 6.07 Å². The first-order chi connectivity index (χ1) is 9.69. The molecule has 114 valence electrons. The van der Waals surface area contributed by atoms with Crippen molar-refractivity contribution in [2.45, 2.75) is 26.0 Å². The highest BCUT2D eigenvalue weighted by atomic mass is 32.1. The van der Waals surface area contributed by atoms with Crippen LogP contribution in [0.1, 0.15) is 29.1 Å². The first-order valence-electron chi connectivity index (χ1n) is 6.53. The smallest absolute Gasteiger partial charge is 0.346 e. The monoisotopic (exact) mass is 311 g/mol. The van der Waals surface area contributed by atoms with Crippen molar-refractivity contribution in [1.29, 1.82) is 0 Å². The molecule has 1 heterocycles. The van der Waals surface area contributed by atoms with Crippen LogP contribution in [-0.2, 0) is 6.54 Å². The summed E-state index contributed by atoms with van der Waals surface area (Å²) >= 11 is 1.08. The quantitative estimate of drug-likeness (QED) is 0.891. The van der Waals surface area contributed by atoms with Gasteiger partial charge in [0.05, 0.1) is 5.60 Å². The van der Waals surface area contributed by atoms with Crippen molar-refractivity contribution in [2.75, 3.05) is 13.6 Å². The molecule has 0 aliphatic heterocycles. The van der Waals surface area contributed by atoms with E-state index in [2.05, 4.69) is 0 Å². The molecule has 6 heteroatoms. The lowest BCUT2D eigenvalue weighted by atomic mass is 10.1. The molecular weight excluding hydrogens is 293 g/mol. The summed E-state index contributed by atoms with van der Waals surface area (Å²) in [6.45, 7) is 3.98. The number of aromatic carboxylic acids is 1. The number of aliphatic hydroxyl groups is 1. The van der Waals surface area contributed by atoms with E-state index >= 15 is 0 Å². The Morgan fingerprint density at radius 3 is 2.67 bits per heavy atom. The van der Waals surface area contributed by atoms with Crippen molar-refractivity contribution in [3.8, 4) is 0 Å². The summed E-state index contributed by atoms with van der Waals surface area (Å²) in [7, 11) is 1.77. The molecule has 0 fully saturated rings. The van der Waals surface area contributed by atoms with Crippen LogP contribution in [0.15, 0.2) is 18.2 Å². The number of carboxylic acids is 1. The Morgan fingerprint density at radius 2 is 2.10 bits per heavy atom. The topological polar surface area (TPSA) is 60.8 Å². The zero-order valence-corrected chi connectivity index (χ0v) is 13.0. The van der Waals surface area contributed by atoms with Crippen LogP contribution < -0.4 is 0 Å². The second-order valence-electron chi connectivity index (χ2n) is 5.81. The van der Waals surface area contributed by atoms with Crippen molar-refractivity contribution < 1.29 is 19.4 Å². The van der Waals surface area contributed by atoms with Crippen LogP contribution in [0.5, 0.6) is 0 Å². The summed E-state index contributed by atoms with van der Waals surface area (Å²) < 4.78 is 14.7. The molecule has 0 aliphatic carbocycles. The maximum absolute atomic E-state index is 14.1. The number of carbonyl (C=O) groups is 1. The Labute approximate surface area is 126 Å². The standard InChI is InChI=1S/C15H18FNO3S/c1-15(2,20)8-17(3)7-9-12-10(16)5-4-6-11(12)21-13(9)14(18)19/h4-6,20H,7-8H2,1-3H3,(H,18,19). The summed E-state index contributed by atoms with van der Waals surface area (Å²) in [6, 6.07) is 4.62. The van der Waals surface area contributed by atoms with E-state index in [-0.39, 0.29) is 11.4 Å². The highest BCUT2D eigenvalue weighted by molar-refractivity contribution is 7.21. The van der Waals surface area contributed by atoms with E-state index in [1.54, 1.807) is 37.9 Å². The van der Waals surface area contributed by atoms with Crippen molar-refractivity contribution in [3.63, 3.8) is 0 Å². The molecule has 0 saturated carbocycles. The van der Waals surface area contributed by atoms with Crippen LogP contribution in [0.2, 0.25) is 0 Å². The van der Waals surface area contributed by atoms with Gasteiger partial charge < -0.3 is 10.2 Å². The van der Waals surface area contributed by atoms with Gasteiger partial charge in [-0.05, 0) is 33.0 Å². The molecule has 2 aromatic rings. The number of rotatable bonds is 5. The van der Waals surface area contributed by atoms with Crippen LogP contribution >= 0.6 is 11.3 Å². The highest BCUT2D eigenvalue weighted by Gasteiger charge is 2.23. The number of fused-ring (bicyclic) bond motifs is 1. The molecule has 0 bridgehead atoms. The first kappa shape index (κ1) is 15.9. The minimum atomic E-state index is -1.05. The second-order valence-corrected chi connectivity index (χ2v) is 6.86. The summed E-state index contributed by atoms with van der Waals surface area (Å²) in [5.41, 5.74) is -0.435. The van der Waals surface area contributed by atoms with Crippen LogP contribution in [-0.4, -0.2) is 40.3 Å². The van der Waals surface area contributed by atoms with Gasteiger partial charge in [0, 0.05) is 28.7 Å². The van der Waals surface area contributed by atoms with Crippen molar-refractivity contribution in [2.24, 2.45) is 0 Å². The van der Waals surface area contributed by atoms with Gasteiger partial charge in [-0.25, -0.2) is 9.18 Å². The number of hydrogen-bond donors (Lipinski definition) is 2. The SMILES string of the molecule is CN(Cc1c(C(=O)O)sc2cccc(F)c12)CC(C)(C)O. The normalized spacial score (nSPS) is 12.3. The van der Waals surface area contributed by atoms with E-state index in [4.69, 9.17) is 0 Å². The molecular formula is C15H18FNO3S. The average molecular weight is 311 g/mol. The lowest BCUT2D eigenvalue weighted by Gasteiger charge is -2.25. The van der Waals surface area contributed by atoms with Gasteiger partial charge in [-0.3, -0.25) is 4.90 Å². The molecule has 0 amide bonds. The lowest BCUT2D eigenvalue weighted by Crippen LogP contribution is -2.36. The zero-order chi connectivity index (χ0) is 15.8. The molecule has 2 rings (SSSR count). The molecule has 4 nitrogen and oxygen atoms in total. The van der Waals surface area contributed by atoms with Crippen LogP contribution in [0.25, 0.3) is 10.1 Å². The van der Waals surface area contributed by atoms with E-state index < -0.39 is 17.4 Å². The Balaban J connectivity index is 2.46. The van der Waals surface area contributed by atoms with Crippen molar-refractivity contribution >= 4 is 27.4 Å². The van der Waals surface area contributed by atoms with Gasteiger partial charge in [-0.1, -0.05) is 6.07 Å². The fourth-order valence-electron chi connectivity index (χ4n) is 2.48. The maximum atomic E-state index is 14.1. The Hall–Kier alpha value is -1.50. The minimum Gasteiger partial charge on any atom is -0.477 e. The predicted octanol–water partition coefficient (Wildman–Crippen LogP) is 2.94. The van der Waals surface area contributed by atoms with Crippen molar-refractivity contribution in [3.05, 3.63) is 34.5 Å². The third-order valence-corrected chi connectivity index (χ3v) is 4.23. The molecule has 0 saturated heterocycles. The van der Waals surface area contributed by atoms with Crippen LogP contribution in [0, 0.1) is 5.82 Å². The Kier molecular flexibility index (Phi) is 4.32. The third kappa shape index (κ3) is 3.58. The fraction of sp³-hybridized carbons (Fsp3) is 0.400. The number of carboxylic acid groups (broad SMARTS) is 1. The average Bonchev–Trinajstić information content (AvgIpc) is 2.67. The Morgan fingerprint density at radius 1 is 1.43 bits per heavy atom. The predicted molar refractivity (Wildman–Crippen MR) is 81.4 cm³/mol. The van der Waals surface area contributed by atoms with E-state index in [0.717, 1.165) is 11.3 Å². The molecule has 0 spiro atoms. The number of likely N-dealkylation sites (N-methyl/N-ethyl adjacent to an activating group) is 1. The molecule has 0 atom stereocenters. The molecule has 0 unspecified atom stereocenters. The van der Waals surface area contributed by atoms with Gasteiger partial charge in [0.25, 0.3) is 0 Å². The van der Waals surface area contributed by atoms with Gasteiger partial charge in [-0.15, -0.1) is 11.3 Å². The molecule has 1 aromatic carbocycles. The fourth-order valence-corrected chi connectivity index (χ4v) is 3.54. The summed E-state index contributed by atoms with van der Waals surface area (Å²) in [5, 5.41) is 19.5. The maximum Gasteiger partial charge on any atom is 0.346 e. The van der Waals surface area contributed by atoms with E-state index in [1.807, 2.05) is 0 Å². The van der Waals surface area contributed by atoms with E-state index in [0.29, 0.717) is 22.2 Å². The number of nitrogens with zero attached hydrogens (tertiary/aromatic N) is 1. The van der Waals surface area contributed by atoms with Crippen LogP contribution in [0.3, 0.4) is 0 Å². The van der Waals surface area contributed by atoms with Gasteiger partial charge in [0.2, 0.25) is 0 Å². The van der Waals surface area contributed by atoms with Crippen LogP contribution in [0.4, 0.5) is 4.39 Å². The van der Waals surface area contributed by atoms with E-state index in [9.17, 15) is 19.4 Å². The minimum absolute atomic E-state index is 0.151. The lowest BCUT2D eigenvalue weighted by molar-refractivity contribution is 0.0425. The number of halogens is 1. The summed E-state index contributed by atoms with van der Waals surface area (Å²) in [5.74, 6) is -1.47.